The highest BCUT2D eigenvalue weighted by atomic mass is 32.1. The normalized spacial score (nSPS) is 20.9. The Hall–Kier alpha value is -2.61. The lowest BCUT2D eigenvalue weighted by atomic mass is 9.75. The van der Waals surface area contributed by atoms with Crippen LogP contribution in [-0.2, 0) is 6.18 Å². The number of alkyl halides is 3. The molecule has 2 aromatic carbocycles. The van der Waals surface area contributed by atoms with Crippen LogP contribution in [0.15, 0.2) is 48.5 Å². The molecule has 2 N–H and O–H groups in total. The first-order valence-electron chi connectivity index (χ1n) is 10.9. The maximum atomic E-state index is 13.4. The van der Waals surface area contributed by atoms with E-state index in [-0.39, 0.29) is 10.8 Å². The van der Waals surface area contributed by atoms with Crippen LogP contribution in [0, 0.1) is 11.8 Å². The van der Waals surface area contributed by atoms with Gasteiger partial charge in [0.25, 0.3) is 5.91 Å². The van der Waals surface area contributed by atoms with E-state index >= 15 is 0 Å². The molecule has 0 spiro atoms. The summed E-state index contributed by atoms with van der Waals surface area (Å²) in [7, 11) is 0. The summed E-state index contributed by atoms with van der Waals surface area (Å²) >= 11 is 5.26. The number of hydrogen-bond donors (Lipinski definition) is 2. The summed E-state index contributed by atoms with van der Waals surface area (Å²) < 4.78 is 40.2. The Morgan fingerprint density at radius 3 is 2.44 bits per heavy atom. The van der Waals surface area contributed by atoms with E-state index in [0.717, 1.165) is 38.1 Å². The van der Waals surface area contributed by atoms with Crippen molar-refractivity contribution in [1.29, 1.82) is 0 Å². The first-order chi connectivity index (χ1) is 15.3. The number of carbonyl (C=O) groups is 1. The molecule has 1 aliphatic carbocycles. The van der Waals surface area contributed by atoms with E-state index in [1.807, 2.05) is 0 Å². The maximum Gasteiger partial charge on any atom is 0.416 e. The van der Waals surface area contributed by atoms with Crippen molar-refractivity contribution in [1.82, 2.24) is 5.32 Å². The van der Waals surface area contributed by atoms with Gasteiger partial charge in [0.05, 0.1) is 16.9 Å². The first-order valence-corrected chi connectivity index (χ1v) is 11.4. The SMILES string of the molecule is O=C(NC(=S)Nc1cc(C(F)(F)F)ccc1N1CC[C@H]2CCCC[C@@H]2C1)c1ccccc1. The largest absolute Gasteiger partial charge is 0.416 e. The number of amides is 1. The van der Waals surface area contributed by atoms with E-state index in [1.165, 1.54) is 25.3 Å². The Morgan fingerprint density at radius 1 is 1.00 bits per heavy atom. The van der Waals surface area contributed by atoms with E-state index in [0.29, 0.717) is 23.1 Å². The van der Waals surface area contributed by atoms with Gasteiger partial charge < -0.3 is 10.2 Å². The molecule has 8 heteroatoms. The van der Waals surface area contributed by atoms with Gasteiger partial charge in [-0.1, -0.05) is 37.5 Å². The summed E-state index contributed by atoms with van der Waals surface area (Å²) in [6, 6.07) is 12.2. The lowest BCUT2D eigenvalue weighted by molar-refractivity contribution is -0.137. The molecule has 1 saturated carbocycles. The van der Waals surface area contributed by atoms with Crippen molar-refractivity contribution in [2.45, 2.75) is 38.3 Å². The van der Waals surface area contributed by atoms with Crippen molar-refractivity contribution in [3.05, 3.63) is 59.7 Å². The van der Waals surface area contributed by atoms with E-state index in [2.05, 4.69) is 15.5 Å². The number of nitrogens with zero attached hydrogens (tertiary/aromatic N) is 1. The maximum absolute atomic E-state index is 13.4. The van der Waals surface area contributed by atoms with Crippen LogP contribution in [-0.4, -0.2) is 24.1 Å². The lowest BCUT2D eigenvalue weighted by Gasteiger charge is -2.43. The summed E-state index contributed by atoms with van der Waals surface area (Å²) in [4.78, 5) is 14.5. The summed E-state index contributed by atoms with van der Waals surface area (Å²) in [6.45, 7) is 1.62. The fourth-order valence-corrected chi connectivity index (χ4v) is 5.03. The van der Waals surface area contributed by atoms with Gasteiger partial charge in [-0.15, -0.1) is 0 Å². The molecular formula is C24H26F3N3OS. The highest BCUT2D eigenvalue weighted by molar-refractivity contribution is 7.80. The Kier molecular flexibility index (Phi) is 6.69. The van der Waals surface area contributed by atoms with Crippen LogP contribution >= 0.6 is 12.2 Å². The molecule has 1 amide bonds. The molecule has 2 aromatic rings. The number of thiocarbonyl (C=S) groups is 1. The summed E-state index contributed by atoms with van der Waals surface area (Å²) in [5.74, 6) is 0.856. The molecule has 1 aliphatic heterocycles. The van der Waals surface area contributed by atoms with Gasteiger partial charge in [-0.3, -0.25) is 10.1 Å². The first kappa shape index (κ1) is 22.6. The minimum absolute atomic E-state index is 0.0352. The third kappa shape index (κ3) is 5.23. The lowest BCUT2D eigenvalue weighted by Crippen LogP contribution is -2.42. The molecule has 0 aromatic heterocycles. The number of piperidine rings is 1. The number of anilines is 2. The van der Waals surface area contributed by atoms with Crippen LogP contribution in [0.3, 0.4) is 0 Å². The topological polar surface area (TPSA) is 44.4 Å². The molecule has 2 fully saturated rings. The van der Waals surface area contributed by atoms with Crippen molar-refractivity contribution < 1.29 is 18.0 Å². The molecule has 0 radical (unpaired) electrons. The molecule has 0 bridgehead atoms. The van der Waals surface area contributed by atoms with Crippen LogP contribution in [0.1, 0.15) is 48.0 Å². The second-order valence-corrected chi connectivity index (χ2v) is 8.95. The second-order valence-electron chi connectivity index (χ2n) is 8.54. The van der Waals surface area contributed by atoms with Crippen LogP contribution in [0.25, 0.3) is 0 Å². The summed E-state index contributed by atoms with van der Waals surface area (Å²) in [6.07, 6.45) is 1.45. The number of carbonyl (C=O) groups excluding carboxylic acids is 1. The Morgan fingerprint density at radius 2 is 1.72 bits per heavy atom. The third-order valence-electron chi connectivity index (χ3n) is 6.47. The zero-order chi connectivity index (χ0) is 22.7. The number of benzene rings is 2. The number of rotatable bonds is 3. The Labute approximate surface area is 191 Å². The quantitative estimate of drug-likeness (QED) is 0.563. The van der Waals surface area contributed by atoms with Crippen LogP contribution in [0.5, 0.6) is 0 Å². The van der Waals surface area contributed by atoms with Crippen LogP contribution < -0.4 is 15.5 Å². The van der Waals surface area contributed by atoms with Crippen LogP contribution in [0.2, 0.25) is 0 Å². The number of fused-ring (bicyclic) bond motifs is 1. The predicted octanol–water partition coefficient (Wildman–Crippen LogP) is 5.85. The molecule has 0 unspecified atom stereocenters. The third-order valence-corrected chi connectivity index (χ3v) is 6.67. The van der Waals surface area contributed by atoms with Crippen LogP contribution in [0.4, 0.5) is 24.5 Å². The average molecular weight is 462 g/mol. The number of hydrogen-bond acceptors (Lipinski definition) is 3. The molecule has 1 saturated heterocycles. The fourth-order valence-electron chi connectivity index (χ4n) is 4.83. The van der Waals surface area contributed by atoms with Gasteiger partial charge in [0.1, 0.15) is 0 Å². The fraction of sp³-hybridized carbons (Fsp3) is 0.417. The minimum atomic E-state index is -4.47. The van der Waals surface area contributed by atoms with Gasteiger partial charge in [-0.2, -0.15) is 13.2 Å². The second kappa shape index (κ2) is 9.48. The van der Waals surface area contributed by atoms with Gasteiger partial charge in [0.2, 0.25) is 0 Å². The molecule has 170 valence electrons. The van der Waals surface area contributed by atoms with Gasteiger partial charge in [0.15, 0.2) is 5.11 Å². The van der Waals surface area contributed by atoms with Gasteiger partial charge in [-0.25, -0.2) is 0 Å². The summed E-state index contributed by atoms with van der Waals surface area (Å²) in [5.41, 5.74) is 0.597. The zero-order valence-corrected chi connectivity index (χ0v) is 18.4. The van der Waals surface area contributed by atoms with E-state index in [4.69, 9.17) is 12.2 Å². The molecule has 4 nitrogen and oxygen atoms in total. The van der Waals surface area contributed by atoms with Gasteiger partial charge >= 0.3 is 6.18 Å². The molecule has 2 aliphatic rings. The molecule has 1 heterocycles. The van der Waals surface area contributed by atoms with Crippen molar-refractivity contribution in [2.75, 3.05) is 23.3 Å². The van der Waals surface area contributed by atoms with E-state index in [9.17, 15) is 18.0 Å². The van der Waals surface area contributed by atoms with Gasteiger partial charge in [-0.05, 0) is 67.2 Å². The Bertz CT molecular complexity index is 980. The van der Waals surface area contributed by atoms with Crippen molar-refractivity contribution in [2.24, 2.45) is 11.8 Å². The minimum Gasteiger partial charge on any atom is -0.370 e. The van der Waals surface area contributed by atoms with Crippen molar-refractivity contribution in [3.8, 4) is 0 Å². The smallest absolute Gasteiger partial charge is 0.370 e. The van der Waals surface area contributed by atoms with Crippen molar-refractivity contribution in [3.63, 3.8) is 0 Å². The molecule has 4 rings (SSSR count). The molecule has 32 heavy (non-hydrogen) atoms. The number of nitrogens with one attached hydrogen (secondary N) is 2. The summed E-state index contributed by atoms with van der Waals surface area (Å²) in [5, 5.41) is 5.38. The van der Waals surface area contributed by atoms with Gasteiger partial charge in [0, 0.05) is 18.7 Å². The average Bonchev–Trinajstić information content (AvgIpc) is 2.78. The predicted molar refractivity (Wildman–Crippen MR) is 124 cm³/mol. The monoisotopic (exact) mass is 461 g/mol. The van der Waals surface area contributed by atoms with Crippen molar-refractivity contribution >= 4 is 34.6 Å². The zero-order valence-electron chi connectivity index (χ0n) is 17.6. The molecular weight excluding hydrogens is 435 g/mol. The number of halogens is 3. The molecule has 2 atom stereocenters. The standard InChI is InChI=1S/C24H26F3N3OS/c25-24(26,27)19-10-11-21(30-13-12-16-6-4-5-9-18(16)15-30)20(14-19)28-23(32)29-22(31)17-7-2-1-3-8-17/h1-3,7-8,10-11,14,16,18H,4-6,9,12-13,15H2,(H2,28,29,31,32)/t16-,18-/m1/s1. The highest BCUT2D eigenvalue weighted by Crippen LogP contribution is 2.41. The Balaban J connectivity index is 1.55. The van der Waals surface area contributed by atoms with E-state index < -0.39 is 17.6 Å². The van der Waals surface area contributed by atoms with E-state index in [1.54, 1.807) is 30.3 Å². The highest BCUT2D eigenvalue weighted by Gasteiger charge is 2.34.